The van der Waals surface area contributed by atoms with Crippen molar-refractivity contribution in [2.45, 2.75) is 12.7 Å². The third kappa shape index (κ3) is 2.40. The number of fused-ring (bicyclic) bond motifs is 1. The van der Waals surface area contributed by atoms with Crippen molar-refractivity contribution in [3.05, 3.63) is 29.8 Å². The van der Waals surface area contributed by atoms with Gasteiger partial charge in [-0.2, -0.15) is 8.78 Å². The lowest BCUT2D eigenvalue weighted by Crippen LogP contribution is -2.32. The second-order valence-corrected chi connectivity index (χ2v) is 4.86. The molecule has 4 nitrogen and oxygen atoms in total. The van der Waals surface area contributed by atoms with Crippen LogP contribution in [0.5, 0.6) is 5.75 Å². The number of benzene rings is 1. The Labute approximate surface area is 109 Å². The quantitative estimate of drug-likeness (QED) is 0.863. The molecule has 1 aliphatic heterocycles. The molecule has 3 rings (SSSR count). The Morgan fingerprint density at radius 3 is 2.68 bits per heavy atom. The molecule has 1 saturated heterocycles. The second kappa shape index (κ2) is 4.77. The Morgan fingerprint density at radius 1 is 1.32 bits per heavy atom. The van der Waals surface area contributed by atoms with Crippen LogP contribution in [-0.4, -0.2) is 31.7 Å². The van der Waals surface area contributed by atoms with Crippen LogP contribution in [0.4, 0.5) is 8.78 Å². The number of nitrogens with one attached hydrogen (secondary N) is 2. The SMILES string of the molecule is O=C(NC1C2CNCC21)c1ccccc1OC(F)F. The highest BCUT2D eigenvalue weighted by Gasteiger charge is 2.53. The van der Waals surface area contributed by atoms with Crippen molar-refractivity contribution in [2.24, 2.45) is 11.8 Å². The van der Waals surface area contributed by atoms with Gasteiger partial charge in [-0.25, -0.2) is 0 Å². The number of piperidine rings is 1. The first-order valence-electron chi connectivity index (χ1n) is 6.22. The fourth-order valence-corrected chi connectivity index (χ4v) is 2.71. The first-order chi connectivity index (χ1) is 9.16. The van der Waals surface area contributed by atoms with Gasteiger partial charge in [0.1, 0.15) is 5.75 Å². The monoisotopic (exact) mass is 268 g/mol. The highest BCUT2D eigenvalue weighted by atomic mass is 19.3. The smallest absolute Gasteiger partial charge is 0.387 e. The lowest BCUT2D eigenvalue weighted by atomic mass is 10.2. The standard InChI is InChI=1S/C13H14F2N2O2/c14-13(15)19-10-4-2-1-3-7(10)12(18)17-11-8-5-16-6-9(8)11/h1-4,8-9,11,13,16H,5-6H2,(H,17,18). The highest BCUT2D eigenvalue weighted by Crippen LogP contribution is 2.41. The minimum Gasteiger partial charge on any atom is -0.434 e. The summed E-state index contributed by atoms with van der Waals surface area (Å²) in [7, 11) is 0. The van der Waals surface area contributed by atoms with E-state index in [2.05, 4.69) is 15.4 Å². The Kier molecular flexibility index (Phi) is 3.10. The van der Waals surface area contributed by atoms with Crippen LogP contribution < -0.4 is 15.4 Å². The molecular weight excluding hydrogens is 254 g/mol. The number of carbonyl (C=O) groups excluding carboxylic acids is 1. The van der Waals surface area contributed by atoms with E-state index < -0.39 is 6.61 Å². The molecule has 0 aromatic heterocycles. The van der Waals surface area contributed by atoms with E-state index in [1.807, 2.05) is 0 Å². The summed E-state index contributed by atoms with van der Waals surface area (Å²) in [5, 5.41) is 6.11. The third-order valence-corrected chi connectivity index (χ3v) is 3.74. The molecule has 19 heavy (non-hydrogen) atoms. The van der Waals surface area contributed by atoms with Crippen molar-refractivity contribution in [1.82, 2.24) is 10.6 Å². The summed E-state index contributed by atoms with van der Waals surface area (Å²) >= 11 is 0. The first-order valence-corrected chi connectivity index (χ1v) is 6.22. The zero-order valence-corrected chi connectivity index (χ0v) is 10.1. The van der Waals surface area contributed by atoms with Crippen LogP contribution in [0, 0.1) is 11.8 Å². The van der Waals surface area contributed by atoms with E-state index in [0.717, 1.165) is 13.1 Å². The van der Waals surface area contributed by atoms with Crippen molar-refractivity contribution < 1.29 is 18.3 Å². The lowest BCUT2D eigenvalue weighted by Gasteiger charge is -2.11. The molecule has 1 aromatic rings. The van der Waals surface area contributed by atoms with E-state index in [4.69, 9.17) is 0 Å². The molecule has 0 radical (unpaired) electrons. The van der Waals surface area contributed by atoms with Gasteiger partial charge in [0, 0.05) is 19.1 Å². The van der Waals surface area contributed by atoms with Gasteiger partial charge in [-0.15, -0.1) is 0 Å². The number of carbonyl (C=O) groups is 1. The van der Waals surface area contributed by atoms with Crippen LogP contribution in [0.15, 0.2) is 24.3 Å². The van der Waals surface area contributed by atoms with E-state index >= 15 is 0 Å². The highest BCUT2D eigenvalue weighted by molar-refractivity contribution is 5.97. The molecule has 0 spiro atoms. The Morgan fingerprint density at radius 2 is 2.00 bits per heavy atom. The molecule has 2 fully saturated rings. The molecule has 0 bridgehead atoms. The molecule has 2 N–H and O–H groups in total. The molecule has 102 valence electrons. The van der Waals surface area contributed by atoms with E-state index in [0.29, 0.717) is 11.8 Å². The molecule has 2 atom stereocenters. The summed E-state index contributed by atoms with van der Waals surface area (Å²) in [5.41, 5.74) is 0.153. The molecule has 6 heteroatoms. The van der Waals surface area contributed by atoms with Gasteiger partial charge in [-0.1, -0.05) is 12.1 Å². The Bertz CT molecular complexity index is 485. The number of amides is 1. The molecule has 1 heterocycles. The van der Waals surface area contributed by atoms with Gasteiger partial charge in [-0.3, -0.25) is 4.79 Å². The fraction of sp³-hybridized carbons (Fsp3) is 0.462. The average Bonchev–Trinajstić information content (AvgIpc) is 2.83. The first kappa shape index (κ1) is 12.3. The van der Waals surface area contributed by atoms with Crippen LogP contribution in [0.3, 0.4) is 0 Å². The largest absolute Gasteiger partial charge is 0.434 e. The Hall–Kier alpha value is -1.69. The van der Waals surface area contributed by atoms with Crippen LogP contribution in [0.2, 0.25) is 0 Å². The summed E-state index contributed by atoms with van der Waals surface area (Å²) in [6, 6.07) is 6.21. The average molecular weight is 268 g/mol. The van der Waals surface area contributed by atoms with Crippen LogP contribution in [0.1, 0.15) is 10.4 Å². The van der Waals surface area contributed by atoms with Gasteiger partial charge < -0.3 is 15.4 Å². The minimum absolute atomic E-state index is 0.0843. The number of rotatable bonds is 4. The molecule has 2 unspecified atom stereocenters. The number of halogens is 2. The third-order valence-electron chi connectivity index (χ3n) is 3.74. The predicted octanol–water partition coefficient (Wildman–Crippen LogP) is 1.24. The van der Waals surface area contributed by atoms with E-state index in [-0.39, 0.29) is 23.3 Å². The number of ether oxygens (including phenoxy) is 1. The summed E-state index contributed by atoms with van der Waals surface area (Å²) in [6.07, 6.45) is 0. The van der Waals surface area contributed by atoms with Gasteiger partial charge in [0.15, 0.2) is 0 Å². The molecule has 2 aliphatic rings. The predicted molar refractivity (Wildman–Crippen MR) is 64.2 cm³/mol. The lowest BCUT2D eigenvalue weighted by molar-refractivity contribution is -0.0501. The zero-order chi connectivity index (χ0) is 13.4. The van der Waals surface area contributed by atoms with E-state index in [1.54, 1.807) is 12.1 Å². The number of para-hydroxylation sites is 1. The van der Waals surface area contributed by atoms with Gasteiger partial charge in [-0.05, 0) is 24.0 Å². The van der Waals surface area contributed by atoms with Crippen molar-refractivity contribution >= 4 is 5.91 Å². The zero-order valence-electron chi connectivity index (χ0n) is 10.1. The van der Waals surface area contributed by atoms with Gasteiger partial charge in [0.2, 0.25) is 0 Å². The van der Waals surface area contributed by atoms with Crippen LogP contribution in [-0.2, 0) is 0 Å². The molecular formula is C13H14F2N2O2. The minimum atomic E-state index is -2.93. The molecule has 1 amide bonds. The van der Waals surface area contributed by atoms with E-state index in [9.17, 15) is 13.6 Å². The normalized spacial score (nSPS) is 28.1. The van der Waals surface area contributed by atoms with Gasteiger partial charge in [0.05, 0.1) is 5.56 Å². The van der Waals surface area contributed by atoms with Crippen molar-refractivity contribution in [1.29, 1.82) is 0 Å². The van der Waals surface area contributed by atoms with E-state index in [1.165, 1.54) is 12.1 Å². The van der Waals surface area contributed by atoms with Crippen molar-refractivity contribution in [3.63, 3.8) is 0 Å². The number of alkyl halides is 2. The summed E-state index contributed by atoms with van der Waals surface area (Å²) < 4.78 is 28.9. The fourth-order valence-electron chi connectivity index (χ4n) is 2.71. The Balaban J connectivity index is 1.69. The maximum atomic E-state index is 12.3. The maximum Gasteiger partial charge on any atom is 0.387 e. The molecule has 1 saturated carbocycles. The summed E-state index contributed by atoms with van der Waals surface area (Å²) in [6.45, 7) is -1.12. The van der Waals surface area contributed by atoms with Crippen LogP contribution >= 0.6 is 0 Å². The van der Waals surface area contributed by atoms with Crippen molar-refractivity contribution in [2.75, 3.05) is 13.1 Å². The molecule has 1 aliphatic carbocycles. The topological polar surface area (TPSA) is 50.4 Å². The number of hydrogen-bond donors (Lipinski definition) is 2. The summed E-state index contributed by atoms with van der Waals surface area (Å²) in [5.74, 6) is 0.522. The van der Waals surface area contributed by atoms with Crippen LogP contribution in [0.25, 0.3) is 0 Å². The van der Waals surface area contributed by atoms with Gasteiger partial charge >= 0.3 is 6.61 Å². The second-order valence-electron chi connectivity index (χ2n) is 4.86. The summed E-state index contributed by atoms with van der Waals surface area (Å²) in [4.78, 5) is 12.1. The van der Waals surface area contributed by atoms with Gasteiger partial charge in [0.25, 0.3) is 5.91 Å². The molecule has 1 aromatic carbocycles. The van der Waals surface area contributed by atoms with Crippen molar-refractivity contribution in [3.8, 4) is 5.75 Å². The maximum absolute atomic E-state index is 12.3. The number of hydrogen-bond acceptors (Lipinski definition) is 3.